The van der Waals surface area contributed by atoms with Crippen molar-refractivity contribution in [2.75, 3.05) is 0 Å². The molecule has 11 heavy (non-hydrogen) atoms. The summed E-state index contributed by atoms with van der Waals surface area (Å²) in [6.45, 7) is 1.81. The fourth-order valence-electron chi connectivity index (χ4n) is 0.946. The van der Waals surface area contributed by atoms with Gasteiger partial charge in [-0.3, -0.25) is 0 Å². The molecule has 0 amide bonds. The largest absolute Gasteiger partial charge is 0.310 e. The molecule has 0 aliphatic rings. The maximum Gasteiger partial charge on any atom is 0.0110 e. The van der Waals surface area contributed by atoms with Crippen molar-refractivity contribution in [1.82, 2.24) is 0 Å². The first-order valence-corrected chi connectivity index (χ1v) is 3.96. The first-order valence-electron chi connectivity index (χ1n) is 3.51. The topological polar surface area (TPSA) is 23.9 Å². The smallest absolute Gasteiger partial charge is 0.0110 e. The lowest BCUT2D eigenvalue weighted by Crippen LogP contribution is -1.95. The van der Waals surface area contributed by atoms with Crippen LogP contribution in [0.5, 0.6) is 0 Å². The van der Waals surface area contributed by atoms with Crippen LogP contribution >= 0.6 is 12.6 Å². The summed E-state index contributed by atoms with van der Waals surface area (Å²) in [7, 11) is 0. The lowest BCUT2D eigenvalue weighted by Gasteiger charge is -2.01. The Morgan fingerprint density at radius 2 is 2.09 bits per heavy atom. The van der Waals surface area contributed by atoms with Gasteiger partial charge in [0.2, 0.25) is 0 Å². The monoisotopic (exact) mass is 165 g/mol. The van der Waals surface area contributed by atoms with Crippen molar-refractivity contribution in [2.24, 2.45) is 0 Å². The van der Waals surface area contributed by atoms with Gasteiger partial charge in [0, 0.05) is 17.0 Å². The van der Waals surface area contributed by atoms with Crippen molar-refractivity contribution < 1.29 is 0 Å². The molecule has 0 radical (unpaired) electrons. The van der Waals surface area contributed by atoms with Crippen molar-refractivity contribution in [3.8, 4) is 0 Å². The van der Waals surface area contributed by atoms with Crippen LogP contribution in [0.1, 0.15) is 12.5 Å². The molecule has 58 valence electrons. The molecule has 0 fully saturated rings. The minimum Gasteiger partial charge on any atom is -0.310 e. The summed E-state index contributed by atoms with van der Waals surface area (Å²) in [5.74, 6) is 0. The lowest BCUT2D eigenvalue weighted by molar-refractivity contribution is 1.19. The molecule has 0 saturated heterocycles. The van der Waals surface area contributed by atoms with E-state index in [1.807, 2.05) is 24.3 Å². The van der Waals surface area contributed by atoms with E-state index in [1.54, 1.807) is 6.92 Å². The van der Waals surface area contributed by atoms with Crippen LogP contribution in [0.4, 0.5) is 0 Å². The summed E-state index contributed by atoms with van der Waals surface area (Å²) < 4.78 is 0. The number of benzene rings is 1. The Bertz CT molecular complexity index is 268. The molecular formula is C9H11NS. The van der Waals surface area contributed by atoms with Crippen LogP contribution in [0.3, 0.4) is 0 Å². The van der Waals surface area contributed by atoms with E-state index in [0.29, 0.717) is 12.1 Å². The summed E-state index contributed by atoms with van der Waals surface area (Å²) in [5, 5.41) is 7.29. The lowest BCUT2D eigenvalue weighted by atomic mass is 10.1. The number of hydrogen-bond donors (Lipinski definition) is 2. The van der Waals surface area contributed by atoms with Crippen LogP contribution in [-0.2, 0) is 6.42 Å². The van der Waals surface area contributed by atoms with Crippen LogP contribution in [0.15, 0.2) is 29.2 Å². The molecule has 2 heteroatoms. The average molecular weight is 165 g/mol. The minimum absolute atomic E-state index is 0.673. The Labute approximate surface area is 72.4 Å². The number of thiol groups is 1. The maximum atomic E-state index is 7.29. The third-order valence-corrected chi connectivity index (χ3v) is 1.88. The molecule has 1 aromatic carbocycles. The molecule has 1 aromatic rings. The molecule has 1 nitrogen and oxygen atoms in total. The van der Waals surface area contributed by atoms with Crippen molar-refractivity contribution in [1.29, 1.82) is 5.41 Å². The Hall–Kier alpha value is -0.760. The zero-order valence-corrected chi connectivity index (χ0v) is 7.36. The third kappa shape index (κ3) is 2.39. The molecule has 0 saturated carbocycles. The summed E-state index contributed by atoms with van der Waals surface area (Å²) in [4.78, 5) is 0.971. The molecule has 0 heterocycles. The molecule has 0 bridgehead atoms. The number of hydrogen-bond acceptors (Lipinski definition) is 2. The fraction of sp³-hybridized carbons (Fsp3) is 0.222. The Kier molecular flexibility index (Phi) is 2.71. The van der Waals surface area contributed by atoms with Gasteiger partial charge in [0.1, 0.15) is 0 Å². The summed E-state index contributed by atoms with van der Waals surface area (Å²) in [6.07, 6.45) is 0.708. The summed E-state index contributed by atoms with van der Waals surface area (Å²) in [5.41, 5.74) is 1.80. The maximum absolute atomic E-state index is 7.29. The van der Waals surface area contributed by atoms with E-state index in [4.69, 9.17) is 5.41 Å². The van der Waals surface area contributed by atoms with Crippen molar-refractivity contribution in [3.05, 3.63) is 29.8 Å². The van der Waals surface area contributed by atoms with E-state index in [0.717, 1.165) is 10.5 Å². The van der Waals surface area contributed by atoms with E-state index in [1.165, 1.54) is 0 Å². The second-order valence-corrected chi connectivity index (χ2v) is 3.07. The van der Waals surface area contributed by atoms with Gasteiger partial charge in [-0.25, -0.2) is 0 Å². The first-order chi connectivity index (χ1) is 5.20. The normalized spacial score (nSPS) is 9.64. The summed E-state index contributed by atoms with van der Waals surface area (Å²) in [6, 6.07) is 7.87. The van der Waals surface area contributed by atoms with Gasteiger partial charge < -0.3 is 5.41 Å². The number of nitrogens with one attached hydrogen (secondary N) is 1. The van der Waals surface area contributed by atoms with Gasteiger partial charge in [-0.05, 0) is 18.6 Å². The molecule has 0 aromatic heterocycles. The number of rotatable bonds is 2. The Morgan fingerprint density at radius 1 is 1.45 bits per heavy atom. The van der Waals surface area contributed by atoms with E-state index in [9.17, 15) is 0 Å². The Morgan fingerprint density at radius 3 is 2.64 bits per heavy atom. The molecule has 0 aliphatic carbocycles. The molecule has 1 rings (SSSR count). The second kappa shape index (κ2) is 3.58. The highest BCUT2D eigenvalue weighted by Crippen LogP contribution is 2.13. The molecule has 1 N–H and O–H groups in total. The zero-order valence-electron chi connectivity index (χ0n) is 6.46. The second-order valence-electron chi connectivity index (χ2n) is 2.59. The van der Waals surface area contributed by atoms with Crippen LogP contribution in [0, 0.1) is 5.41 Å². The predicted octanol–water partition coefficient (Wildman–Crippen LogP) is 2.56. The average Bonchev–Trinajstić information content (AvgIpc) is 1.93. The highest BCUT2D eigenvalue weighted by Gasteiger charge is 1.97. The van der Waals surface area contributed by atoms with Gasteiger partial charge in [-0.1, -0.05) is 18.2 Å². The van der Waals surface area contributed by atoms with Crippen LogP contribution in [0.2, 0.25) is 0 Å². The van der Waals surface area contributed by atoms with Crippen LogP contribution in [0.25, 0.3) is 0 Å². The quantitative estimate of drug-likeness (QED) is 0.497. The highest BCUT2D eigenvalue weighted by atomic mass is 32.1. The van der Waals surface area contributed by atoms with Crippen LogP contribution < -0.4 is 0 Å². The highest BCUT2D eigenvalue weighted by molar-refractivity contribution is 7.80. The van der Waals surface area contributed by atoms with E-state index < -0.39 is 0 Å². The standard InChI is InChI=1S/C9H11NS/c1-7(10)6-8-4-2-3-5-9(8)11/h2-5,10-11H,6H2,1H3. The van der Waals surface area contributed by atoms with Crippen molar-refractivity contribution >= 4 is 18.3 Å². The molecule has 0 spiro atoms. The van der Waals surface area contributed by atoms with Crippen LogP contribution in [-0.4, -0.2) is 5.71 Å². The molecule has 0 unspecified atom stereocenters. The molecule has 0 aliphatic heterocycles. The van der Waals surface area contributed by atoms with Gasteiger partial charge in [-0.15, -0.1) is 12.6 Å². The SMILES string of the molecule is CC(=N)Cc1ccccc1S. The van der Waals surface area contributed by atoms with Gasteiger partial charge in [0.15, 0.2) is 0 Å². The van der Waals surface area contributed by atoms with Gasteiger partial charge in [0.25, 0.3) is 0 Å². The van der Waals surface area contributed by atoms with Gasteiger partial charge in [-0.2, -0.15) is 0 Å². The first kappa shape index (κ1) is 8.34. The summed E-state index contributed by atoms with van der Waals surface area (Å²) >= 11 is 4.28. The van der Waals surface area contributed by atoms with Gasteiger partial charge in [0.05, 0.1) is 0 Å². The fourth-order valence-corrected chi connectivity index (χ4v) is 1.19. The van der Waals surface area contributed by atoms with E-state index >= 15 is 0 Å². The van der Waals surface area contributed by atoms with Crippen molar-refractivity contribution in [2.45, 2.75) is 18.2 Å². The molecule has 0 atom stereocenters. The predicted molar refractivity (Wildman–Crippen MR) is 50.8 cm³/mol. The van der Waals surface area contributed by atoms with Crippen molar-refractivity contribution in [3.63, 3.8) is 0 Å². The van der Waals surface area contributed by atoms with E-state index in [-0.39, 0.29) is 0 Å². The third-order valence-electron chi connectivity index (χ3n) is 1.45. The zero-order chi connectivity index (χ0) is 8.27. The Balaban J connectivity index is 2.86. The van der Waals surface area contributed by atoms with Gasteiger partial charge >= 0.3 is 0 Å². The van der Waals surface area contributed by atoms with E-state index in [2.05, 4.69) is 12.6 Å². The molecular weight excluding hydrogens is 154 g/mol. The minimum atomic E-state index is 0.673.